The van der Waals surface area contributed by atoms with Crippen molar-refractivity contribution >= 4 is 38.9 Å². The highest BCUT2D eigenvalue weighted by Gasteiger charge is 2.34. The number of piperazine rings is 1. The van der Waals surface area contributed by atoms with E-state index in [1.54, 1.807) is 17.5 Å². The van der Waals surface area contributed by atoms with Gasteiger partial charge in [-0.2, -0.15) is 0 Å². The van der Waals surface area contributed by atoms with Gasteiger partial charge in [-0.1, -0.05) is 6.07 Å². The molecule has 2 aliphatic rings. The molecule has 0 atom stereocenters. The first-order valence-corrected chi connectivity index (χ1v) is 13.5. The highest BCUT2D eigenvalue weighted by atomic mass is 32.1. The van der Waals surface area contributed by atoms with E-state index in [0.717, 1.165) is 73.2 Å². The third-order valence-corrected chi connectivity index (χ3v) is 8.62. The van der Waals surface area contributed by atoms with Crippen LogP contribution in [-0.2, 0) is 16.1 Å². The molecule has 10 nitrogen and oxygen atoms in total. The van der Waals surface area contributed by atoms with Crippen LogP contribution < -0.4 is 10.6 Å². The van der Waals surface area contributed by atoms with Crippen molar-refractivity contribution in [3.63, 3.8) is 0 Å². The highest BCUT2D eigenvalue weighted by molar-refractivity contribution is 7.19. The smallest absolute Gasteiger partial charge is 0.237 e. The lowest BCUT2D eigenvalue weighted by molar-refractivity contribution is -0.129. The second-order valence-electron chi connectivity index (χ2n) is 10.2. The molecule has 0 radical (unpaired) electrons. The van der Waals surface area contributed by atoms with Gasteiger partial charge in [0.15, 0.2) is 11.6 Å². The minimum absolute atomic E-state index is 0.276. The second-order valence-corrected chi connectivity index (χ2v) is 11.3. The molecule has 0 aliphatic carbocycles. The van der Waals surface area contributed by atoms with Gasteiger partial charge in [0, 0.05) is 63.1 Å². The van der Waals surface area contributed by atoms with E-state index in [1.807, 2.05) is 42.6 Å². The number of primary amides is 1. The molecule has 2 aliphatic heterocycles. The van der Waals surface area contributed by atoms with Crippen LogP contribution in [0.15, 0.2) is 36.7 Å². The fourth-order valence-corrected chi connectivity index (χ4v) is 6.27. The van der Waals surface area contributed by atoms with Crippen molar-refractivity contribution in [2.24, 2.45) is 5.73 Å². The summed E-state index contributed by atoms with van der Waals surface area (Å²) in [5, 5.41) is 0. The zero-order valence-corrected chi connectivity index (χ0v) is 22.1. The Balaban J connectivity index is 1.31. The minimum Gasteiger partial charge on any atom is -0.378 e. The average molecular weight is 521 g/mol. The Morgan fingerprint density at radius 2 is 1.89 bits per heavy atom. The molecule has 0 bridgehead atoms. The minimum atomic E-state index is -0.624. The fraction of sp³-hybridized carbons (Fsp3) is 0.462. The van der Waals surface area contributed by atoms with E-state index in [4.69, 9.17) is 20.4 Å². The summed E-state index contributed by atoms with van der Waals surface area (Å²) < 4.78 is 8.76. The number of thiophene rings is 1. The van der Waals surface area contributed by atoms with Gasteiger partial charge in [0.1, 0.15) is 5.65 Å². The van der Waals surface area contributed by atoms with Crippen molar-refractivity contribution in [3.05, 3.63) is 41.5 Å². The van der Waals surface area contributed by atoms with Crippen molar-refractivity contribution < 1.29 is 9.53 Å². The Kier molecular flexibility index (Phi) is 6.31. The molecule has 0 unspecified atom stereocenters. The number of fused-ring (bicyclic) bond motifs is 2. The van der Waals surface area contributed by atoms with Crippen LogP contribution >= 0.6 is 11.3 Å². The molecule has 6 heterocycles. The molecule has 37 heavy (non-hydrogen) atoms. The molecule has 0 aromatic carbocycles. The number of aromatic nitrogens is 4. The molecule has 0 saturated carbocycles. The molecule has 1 amide bonds. The van der Waals surface area contributed by atoms with Crippen LogP contribution in [0.25, 0.3) is 27.4 Å². The monoisotopic (exact) mass is 520 g/mol. The zero-order chi connectivity index (χ0) is 25.6. The first-order valence-electron chi connectivity index (χ1n) is 12.7. The summed E-state index contributed by atoms with van der Waals surface area (Å²) in [4.78, 5) is 34.6. The summed E-state index contributed by atoms with van der Waals surface area (Å²) in [6.07, 6.45) is 3.75. The average Bonchev–Trinajstić information content (AvgIpc) is 3.55. The van der Waals surface area contributed by atoms with Crippen molar-refractivity contribution in [1.29, 1.82) is 0 Å². The topological polar surface area (TPSA) is 105 Å². The molecule has 4 aromatic rings. The molecule has 6 rings (SSSR count). The standard InChI is InChI=1S/C26H32N8O2S/c1-26(2,25(27)35)33-10-8-31(9-11-33)17-18-16-19-22(37-18)24(32-12-14-36-15-13-32)30-23(29-19)20-4-3-5-21-28-6-7-34(20)21/h3-7,16H,8-15,17H2,1-2H3,(H2,27,35). The molecule has 0 spiro atoms. The maximum atomic E-state index is 11.9. The number of carbonyl (C=O) groups is 1. The number of pyridine rings is 1. The molecule has 4 aromatic heterocycles. The first-order chi connectivity index (χ1) is 17.9. The normalized spacial score (nSPS) is 18.2. The number of carbonyl (C=O) groups excluding carboxylic acids is 1. The van der Waals surface area contributed by atoms with Crippen LogP contribution in [0.2, 0.25) is 0 Å². The van der Waals surface area contributed by atoms with Gasteiger partial charge in [-0.3, -0.25) is 19.0 Å². The Hall–Kier alpha value is -3.12. The lowest BCUT2D eigenvalue weighted by atomic mass is 10.0. The number of anilines is 1. The maximum Gasteiger partial charge on any atom is 0.237 e. The van der Waals surface area contributed by atoms with Gasteiger partial charge < -0.3 is 15.4 Å². The van der Waals surface area contributed by atoms with E-state index < -0.39 is 5.54 Å². The predicted octanol–water partition coefficient (Wildman–Crippen LogP) is 2.22. The predicted molar refractivity (Wildman–Crippen MR) is 145 cm³/mol. The summed E-state index contributed by atoms with van der Waals surface area (Å²) in [6.45, 7) is 11.1. The van der Waals surface area contributed by atoms with E-state index in [2.05, 4.69) is 25.8 Å². The van der Waals surface area contributed by atoms with Gasteiger partial charge in [-0.25, -0.2) is 15.0 Å². The van der Waals surface area contributed by atoms with Gasteiger partial charge in [0.25, 0.3) is 0 Å². The molecular formula is C26H32N8O2S. The number of morpholine rings is 1. The van der Waals surface area contributed by atoms with E-state index in [0.29, 0.717) is 19.0 Å². The second kappa shape index (κ2) is 9.64. The van der Waals surface area contributed by atoms with Crippen LogP contribution in [0.3, 0.4) is 0 Å². The van der Waals surface area contributed by atoms with Gasteiger partial charge >= 0.3 is 0 Å². The van der Waals surface area contributed by atoms with Crippen LogP contribution in [-0.4, -0.2) is 93.1 Å². The molecule has 2 N–H and O–H groups in total. The summed E-state index contributed by atoms with van der Waals surface area (Å²) in [7, 11) is 0. The number of rotatable bonds is 6. The largest absolute Gasteiger partial charge is 0.378 e. The third kappa shape index (κ3) is 4.56. The van der Waals surface area contributed by atoms with E-state index in [9.17, 15) is 4.79 Å². The number of hydrogen-bond acceptors (Lipinski definition) is 9. The SMILES string of the molecule is CC(C)(C(N)=O)N1CCN(Cc2cc3nc(-c4cccc5nccn45)nc(N4CCOCC4)c3s2)CC1. The summed E-state index contributed by atoms with van der Waals surface area (Å²) in [5.41, 5.74) is 7.78. The van der Waals surface area contributed by atoms with Crippen LogP contribution in [0, 0.1) is 0 Å². The Morgan fingerprint density at radius 1 is 1.11 bits per heavy atom. The van der Waals surface area contributed by atoms with Crippen LogP contribution in [0.5, 0.6) is 0 Å². The molecule has 2 fully saturated rings. The first kappa shape index (κ1) is 24.2. The molecule has 2 saturated heterocycles. The number of ether oxygens (including phenoxy) is 1. The number of hydrogen-bond donors (Lipinski definition) is 1. The lowest BCUT2D eigenvalue weighted by Crippen LogP contribution is -2.59. The van der Waals surface area contributed by atoms with Gasteiger partial charge in [0.05, 0.1) is 34.7 Å². The number of nitrogens with two attached hydrogens (primary N) is 1. The van der Waals surface area contributed by atoms with E-state index in [-0.39, 0.29) is 5.91 Å². The van der Waals surface area contributed by atoms with Crippen molar-refractivity contribution in [2.45, 2.75) is 25.9 Å². The number of amides is 1. The van der Waals surface area contributed by atoms with Crippen LogP contribution in [0.1, 0.15) is 18.7 Å². The van der Waals surface area contributed by atoms with E-state index >= 15 is 0 Å². The van der Waals surface area contributed by atoms with Crippen molar-refractivity contribution in [2.75, 3.05) is 57.4 Å². The van der Waals surface area contributed by atoms with Gasteiger partial charge in [-0.15, -0.1) is 11.3 Å². The summed E-state index contributed by atoms with van der Waals surface area (Å²) in [5.74, 6) is 1.40. The quantitative estimate of drug-likeness (QED) is 0.413. The van der Waals surface area contributed by atoms with Crippen molar-refractivity contribution in [1.82, 2.24) is 29.2 Å². The van der Waals surface area contributed by atoms with Gasteiger partial charge in [-0.05, 0) is 32.0 Å². The number of nitrogens with zero attached hydrogens (tertiary/aromatic N) is 7. The Labute approximate surface area is 219 Å². The zero-order valence-electron chi connectivity index (χ0n) is 21.3. The van der Waals surface area contributed by atoms with E-state index in [1.165, 1.54) is 4.88 Å². The number of imidazole rings is 1. The molecule has 194 valence electrons. The Morgan fingerprint density at radius 3 is 2.65 bits per heavy atom. The molecule has 11 heteroatoms. The third-order valence-electron chi connectivity index (χ3n) is 7.52. The highest BCUT2D eigenvalue weighted by Crippen LogP contribution is 2.35. The van der Waals surface area contributed by atoms with Crippen LogP contribution in [0.4, 0.5) is 5.82 Å². The summed E-state index contributed by atoms with van der Waals surface area (Å²) >= 11 is 1.78. The van der Waals surface area contributed by atoms with Gasteiger partial charge in [0.2, 0.25) is 5.91 Å². The van der Waals surface area contributed by atoms with Crippen molar-refractivity contribution in [3.8, 4) is 11.5 Å². The molecular weight excluding hydrogens is 488 g/mol. The maximum absolute atomic E-state index is 11.9. The fourth-order valence-electron chi connectivity index (χ4n) is 5.12. The lowest BCUT2D eigenvalue weighted by Gasteiger charge is -2.42. The Bertz CT molecular complexity index is 1430. The summed E-state index contributed by atoms with van der Waals surface area (Å²) in [6, 6.07) is 8.23.